The zero-order chi connectivity index (χ0) is 41.7. The Labute approximate surface area is 347 Å². The third kappa shape index (κ3) is 18.7. The van der Waals surface area contributed by atoms with Gasteiger partial charge in [0.2, 0.25) is 0 Å². The maximum Gasteiger partial charge on any atom is 0.412 e. The number of hydrogen-bond acceptors (Lipinski definition) is 8. The molecule has 4 rings (SSSR count). The van der Waals surface area contributed by atoms with Crippen molar-refractivity contribution in [1.82, 2.24) is 21.3 Å². The number of nitrogens with one attached hydrogen (secondary N) is 4. The van der Waals surface area contributed by atoms with Gasteiger partial charge in [-0.15, -0.1) is 0 Å². The average molecular weight is 820 g/mol. The molecule has 2 aromatic carbocycles. The number of alkyl carbamates (subject to hydrolysis) is 2. The molecule has 0 bridgehead atoms. The third-order valence-corrected chi connectivity index (χ3v) is 7.97. The van der Waals surface area contributed by atoms with Gasteiger partial charge in [0.05, 0.1) is 17.2 Å². The van der Waals surface area contributed by atoms with Crippen molar-refractivity contribution in [1.29, 1.82) is 0 Å². The summed E-state index contributed by atoms with van der Waals surface area (Å²) in [5.41, 5.74) is 3.23. The Morgan fingerprint density at radius 3 is 1.28 bits per heavy atom. The van der Waals surface area contributed by atoms with E-state index < -0.39 is 30.1 Å². The first kappa shape index (κ1) is 48.1. The zero-order valence-electron chi connectivity index (χ0n) is 34.1. The van der Waals surface area contributed by atoms with Gasteiger partial charge >= 0.3 is 18.2 Å². The lowest BCUT2D eigenvalue weighted by Gasteiger charge is -2.15. The number of rotatable bonds is 16. The number of esters is 1. The molecule has 0 spiro atoms. The van der Waals surface area contributed by atoms with Gasteiger partial charge in [0, 0.05) is 42.4 Å². The van der Waals surface area contributed by atoms with Crippen molar-refractivity contribution in [3.8, 4) is 0 Å². The third-order valence-electron chi connectivity index (χ3n) is 7.97. The van der Waals surface area contributed by atoms with E-state index in [1.807, 2.05) is 88.4 Å². The van der Waals surface area contributed by atoms with Gasteiger partial charge in [-0.05, 0) is 72.4 Å². The van der Waals surface area contributed by atoms with Crippen LogP contribution in [-0.4, -0.2) is 60.2 Å². The van der Waals surface area contributed by atoms with Crippen LogP contribution in [0.4, 0.5) is 9.59 Å². The van der Waals surface area contributed by atoms with E-state index in [0.29, 0.717) is 17.5 Å². The number of amides is 4. The van der Waals surface area contributed by atoms with E-state index in [-0.39, 0.29) is 56.0 Å². The lowest BCUT2D eigenvalue weighted by Crippen LogP contribution is -3.00. The summed E-state index contributed by atoms with van der Waals surface area (Å²) < 4.78 is 18.8. The largest absolute Gasteiger partial charge is 1.00 e. The molecule has 0 fully saturated rings. The molecule has 4 N–H and O–H groups in total. The first-order valence-corrected chi connectivity index (χ1v) is 18.9. The predicted octanol–water partition coefficient (Wildman–Crippen LogP) is 1.79. The molecule has 4 amide bonds. The first-order valence-electron chi connectivity index (χ1n) is 18.9. The van der Waals surface area contributed by atoms with Crippen LogP contribution in [0.5, 0.6) is 0 Å². The van der Waals surface area contributed by atoms with E-state index in [4.69, 9.17) is 14.2 Å². The van der Waals surface area contributed by atoms with Crippen LogP contribution in [-0.2, 0) is 45.3 Å². The smallest absolute Gasteiger partial charge is 0.412 e. The Bertz CT molecular complexity index is 1860. The van der Waals surface area contributed by atoms with Crippen molar-refractivity contribution in [2.24, 2.45) is 0 Å². The second-order valence-electron chi connectivity index (χ2n) is 14.1. The SMILES string of the molecule is CC(C)NC(=O)c1cc[n+](COC(=O)N[C@@H](C)Cc2ccccc2)cc1.CC(C)OC(=O)[C@H](C)NC(=O)c1cc[n+](COC(=O)N[C@@H](C)Cc2ccccc2)cc1.[Cl-]. The summed E-state index contributed by atoms with van der Waals surface area (Å²) in [5, 5.41) is 11.0. The number of halogens is 1. The van der Waals surface area contributed by atoms with Crippen LogP contribution in [0, 0.1) is 0 Å². The minimum absolute atomic E-state index is 0. The van der Waals surface area contributed by atoms with E-state index in [9.17, 15) is 24.0 Å². The molecular formula is C43H56ClN6O8+. The number of carbonyl (C=O) groups is 5. The van der Waals surface area contributed by atoms with Gasteiger partial charge in [0.25, 0.3) is 25.3 Å². The van der Waals surface area contributed by atoms with Crippen LogP contribution >= 0.6 is 0 Å². The molecule has 15 heteroatoms. The molecule has 14 nitrogen and oxygen atoms in total. The van der Waals surface area contributed by atoms with Crippen molar-refractivity contribution in [2.75, 3.05) is 0 Å². The summed E-state index contributed by atoms with van der Waals surface area (Å²) in [6, 6.07) is 25.6. The van der Waals surface area contributed by atoms with Crippen molar-refractivity contribution in [3.63, 3.8) is 0 Å². The van der Waals surface area contributed by atoms with Gasteiger partial charge in [-0.2, -0.15) is 9.13 Å². The number of ether oxygens (including phenoxy) is 3. The van der Waals surface area contributed by atoms with Crippen LogP contribution in [0.2, 0.25) is 0 Å². The standard InChI is InChI=1S/C23H29N3O5.C20H25N3O3.ClH/c1-16(2)31-22(28)18(4)25-21(27)20-10-12-26(13-11-20)15-30-23(29)24-17(3)14-19-8-6-5-7-9-19;1-15(2)21-19(24)18-9-11-23(12-10-18)14-26-20(25)22-16(3)13-17-7-5-4-6-8-17;/h5-13,16-18H,14-15H2,1-4H3,(H-,24,25,27,29);4-12,15-16H,13-14H2,1-3H3,(H-,21,22,24,25);1H/p+1/t17-,18-;16-;/m00./s1. The second-order valence-corrected chi connectivity index (χ2v) is 14.1. The topological polar surface area (TPSA) is 169 Å². The summed E-state index contributed by atoms with van der Waals surface area (Å²) in [5.74, 6) is -1.01. The fraction of sp³-hybridized carbons (Fsp3) is 0.372. The lowest BCUT2D eigenvalue weighted by atomic mass is 10.1. The number of carbonyl (C=O) groups excluding carboxylic acids is 5. The Morgan fingerprint density at radius 2 is 0.914 bits per heavy atom. The van der Waals surface area contributed by atoms with Crippen LogP contribution in [0.25, 0.3) is 0 Å². The lowest BCUT2D eigenvalue weighted by molar-refractivity contribution is -0.727. The number of aromatic nitrogens is 2. The molecule has 0 aliphatic carbocycles. The molecule has 4 aromatic rings. The molecular weight excluding hydrogens is 764 g/mol. The highest BCUT2D eigenvalue weighted by molar-refractivity contribution is 5.96. The van der Waals surface area contributed by atoms with Gasteiger partial charge in [0.1, 0.15) is 6.04 Å². The fourth-order valence-corrected chi connectivity index (χ4v) is 5.20. The Morgan fingerprint density at radius 1 is 0.534 bits per heavy atom. The van der Waals surface area contributed by atoms with Gasteiger partial charge in [-0.3, -0.25) is 9.59 Å². The molecule has 0 unspecified atom stereocenters. The van der Waals surface area contributed by atoms with E-state index in [1.165, 1.54) is 0 Å². The number of benzene rings is 2. The maximum absolute atomic E-state index is 12.3. The quantitative estimate of drug-likeness (QED) is 0.0755. The Hall–Kier alpha value is -6.02. The molecule has 0 saturated carbocycles. The van der Waals surface area contributed by atoms with Gasteiger partial charge in [0.15, 0.2) is 24.8 Å². The van der Waals surface area contributed by atoms with Crippen molar-refractivity contribution in [2.45, 2.75) is 105 Å². The highest BCUT2D eigenvalue weighted by atomic mass is 35.5. The predicted molar refractivity (Wildman–Crippen MR) is 212 cm³/mol. The summed E-state index contributed by atoms with van der Waals surface area (Å²) in [4.78, 5) is 59.9. The van der Waals surface area contributed by atoms with Gasteiger partial charge in [-0.25, -0.2) is 14.4 Å². The minimum atomic E-state index is -0.757. The summed E-state index contributed by atoms with van der Waals surface area (Å²) >= 11 is 0. The Kier molecular flexibility index (Phi) is 21.0. The summed E-state index contributed by atoms with van der Waals surface area (Å²) in [7, 11) is 0. The molecule has 3 atom stereocenters. The fourth-order valence-electron chi connectivity index (χ4n) is 5.20. The van der Waals surface area contributed by atoms with Crippen LogP contribution < -0.4 is 42.8 Å². The molecule has 0 saturated heterocycles. The van der Waals surface area contributed by atoms with E-state index >= 15 is 0 Å². The molecule has 58 heavy (non-hydrogen) atoms. The number of nitrogens with zero attached hydrogens (tertiary/aromatic N) is 2. The summed E-state index contributed by atoms with van der Waals surface area (Å²) in [6.07, 6.45) is 6.85. The van der Waals surface area contributed by atoms with Gasteiger partial charge in [-0.1, -0.05) is 60.7 Å². The summed E-state index contributed by atoms with van der Waals surface area (Å²) in [6.45, 7) is 12.8. The van der Waals surface area contributed by atoms with Crippen LogP contribution in [0.1, 0.15) is 80.3 Å². The van der Waals surface area contributed by atoms with Crippen LogP contribution in [0.15, 0.2) is 110 Å². The van der Waals surface area contributed by atoms with Crippen molar-refractivity contribution in [3.05, 3.63) is 132 Å². The maximum atomic E-state index is 12.3. The van der Waals surface area contributed by atoms with E-state index in [1.54, 1.807) is 79.0 Å². The van der Waals surface area contributed by atoms with E-state index in [2.05, 4.69) is 21.3 Å². The Balaban J connectivity index is 0.000000399. The molecule has 2 aromatic heterocycles. The monoisotopic (exact) mass is 819 g/mol. The molecule has 0 aliphatic heterocycles. The van der Waals surface area contributed by atoms with E-state index in [0.717, 1.165) is 17.5 Å². The second kappa shape index (κ2) is 25.3. The normalized spacial score (nSPS) is 11.9. The minimum Gasteiger partial charge on any atom is -1.00 e. The first-order chi connectivity index (χ1) is 27.2. The highest BCUT2D eigenvalue weighted by Gasteiger charge is 2.20. The van der Waals surface area contributed by atoms with Crippen molar-refractivity contribution >= 4 is 30.0 Å². The molecule has 0 radical (unpaired) electrons. The molecule has 2 heterocycles. The highest BCUT2D eigenvalue weighted by Crippen LogP contribution is 2.05. The van der Waals surface area contributed by atoms with Crippen LogP contribution in [0.3, 0.4) is 0 Å². The van der Waals surface area contributed by atoms with Crippen molar-refractivity contribution < 1.29 is 59.7 Å². The van der Waals surface area contributed by atoms with Gasteiger partial charge < -0.3 is 47.9 Å². The number of hydrogen-bond donors (Lipinski definition) is 4. The average Bonchev–Trinajstić information content (AvgIpc) is 3.17. The number of pyridine rings is 2. The molecule has 312 valence electrons. The zero-order valence-corrected chi connectivity index (χ0v) is 34.9. The molecule has 0 aliphatic rings.